The number of benzene rings is 1. The predicted molar refractivity (Wildman–Crippen MR) is 67.6 cm³/mol. The Balaban J connectivity index is 2.01. The third kappa shape index (κ3) is 2.65. The molecule has 2 rings (SSSR count). The van der Waals surface area contributed by atoms with E-state index in [1.54, 1.807) is 11.1 Å². The molecule has 1 heteroatoms. The number of aliphatic hydroxyl groups is 1. The van der Waals surface area contributed by atoms with Crippen molar-refractivity contribution in [2.24, 2.45) is 5.92 Å². The maximum Gasteiger partial charge on any atom is 0.0456 e. The third-order valence-electron chi connectivity index (χ3n) is 3.81. The molecule has 1 aliphatic rings. The summed E-state index contributed by atoms with van der Waals surface area (Å²) in [5.74, 6) is 1.19. The fourth-order valence-electron chi connectivity index (χ4n) is 2.73. The standard InChI is InChI=1S/C15H22O/c1-12(11-16)9-10-14-7-4-6-13-5-2-3-8-15(13)14/h2-3,5,8,12,14,16H,4,6-7,9-11H2,1H3. The first-order chi connectivity index (χ1) is 7.81. The smallest absolute Gasteiger partial charge is 0.0456 e. The van der Waals surface area contributed by atoms with Crippen LogP contribution in [-0.2, 0) is 6.42 Å². The Morgan fingerprint density at radius 2 is 2.19 bits per heavy atom. The Morgan fingerprint density at radius 1 is 1.38 bits per heavy atom. The van der Waals surface area contributed by atoms with Crippen LogP contribution in [0.2, 0.25) is 0 Å². The number of aryl methyl sites for hydroxylation is 1. The van der Waals surface area contributed by atoms with E-state index in [4.69, 9.17) is 5.11 Å². The summed E-state index contributed by atoms with van der Waals surface area (Å²) in [7, 11) is 0. The summed E-state index contributed by atoms with van der Waals surface area (Å²) in [6, 6.07) is 8.88. The summed E-state index contributed by atoms with van der Waals surface area (Å²) in [4.78, 5) is 0. The van der Waals surface area contributed by atoms with Crippen LogP contribution in [0.3, 0.4) is 0 Å². The van der Waals surface area contributed by atoms with E-state index in [-0.39, 0.29) is 0 Å². The van der Waals surface area contributed by atoms with Crippen molar-refractivity contribution >= 4 is 0 Å². The zero-order chi connectivity index (χ0) is 11.4. The fraction of sp³-hybridized carbons (Fsp3) is 0.600. The van der Waals surface area contributed by atoms with Crippen LogP contribution in [0.5, 0.6) is 0 Å². The molecule has 1 aromatic rings. The van der Waals surface area contributed by atoms with Crippen LogP contribution >= 0.6 is 0 Å². The van der Waals surface area contributed by atoms with Crippen LogP contribution in [0.1, 0.15) is 49.7 Å². The van der Waals surface area contributed by atoms with Gasteiger partial charge in [0.25, 0.3) is 0 Å². The normalized spacial score (nSPS) is 21.5. The van der Waals surface area contributed by atoms with E-state index >= 15 is 0 Å². The molecule has 0 saturated heterocycles. The molecule has 88 valence electrons. The highest BCUT2D eigenvalue weighted by Gasteiger charge is 2.19. The van der Waals surface area contributed by atoms with Crippen LogP contribution in [-0.4, -0.2) is 11.7 Å². The zero-order valence-corrected chi connectivity index (χ0v) is 10.2. The zero-order valence-electron chi connectivity index (χ0n) is 10.2. The van der Waals surface area contributed by atoms with Gasteiger partial charge in [-0.3, -0.25) is 0 Å². The first-order valence-electron chi connectivity index (χ1n) is 6.50. The van der Waals surface area contributed by atoms with Gasteiger partial charge in [-0.25, -0.2) is 0 Å². The lowest BCUT2D eigenvalue weighted by Gasteiger charge is -2.26. The molecule has 2 atom stereocenters. The second-order valence-electron chi connectivity index (χ2n) is 5.15. The van der Waals surface area contributed by atoms with Gasteiger partial charge in [0.05, 0.1) is 0 Å². The van der Waals surface area contributed by atoms with Crippen molar-refractivity contribution < 1.29 is 5.11 Å². The van der Waals surface area contributed by atoms with Crippen molar-refractivity contribution in [1.82, 2.24) is 0 Å². The molecule has 1 nitrogen and oxygen atoms in total. The van der Waals surface area contributed by atoms with E-state index in [1.165, 1.54) is 25.7 Å². The first-order valence-corrected chi connectivity index (χ1v) is 6.50. The molecule has 1 N–H and O–H groups in total. The Bertz CT molecular complexity index is 332. The summed E-state index contributed by atoms with van der Waals surface area (Å²) in [5.41, 5.74) is 3.12. The highest BCUT2D eigenvalue weighted by atomic mass is 16.3. The molecule has 0 spiro atoms. The maximum absolute atomic E-state index is 9.06. The van der Waals surface area contributed by atoms with Crippen LogP contribution < -0.4 is 0 Å². The van der Waals surface area contributed by atoms with Crippen molar-refractivity contribution in [3.05, 3.63) is 35.4 Å². The molecular formula is C15H22O. The monoisotopic (exact) mass is 218 g/mol. The number of hydrogen-bond acceptors (Lipinski definition) is 1. The Hall–Kier alpha value is -0.820. The van der Waals surface area contributed by atoms with Crippen molar-refractivity contribution in [3.8, 4) is 0 Å². The summed E-state index contributed by atoms with van der Waals surface area (Å²) >= 11 is 0. The van der Waals surface area contributed by atoms with Gasteiger partial charge in [0.2, 0.25) is 0 Å². The van der Waals surface area contributed by atoms with Gasteiger partial charge in [0.15, 0.2) is 0 Å². The highest BCUT2D eigenvalue weighted by molar-refractivity contribution is 5.32. The van der Waals surface area contributed by atoms with Crippen LogP contribution in [0.25, 0.3) is 0 Å². The first kappa shape index (κ1) is 11.7. The summed E-state index contributed by atoms with van der Waals surface area (Å²) in [5, 5.41) is 9.06. The highest BCUT2D eigenvalue weighted by Crippen LogP contribution is 2.35. The number of aliphatic hydroxyl groups excluding tert-OH is 1. The SMILES string of the molecule is CC(CO)CCC1CCCc2ccccc21. The minimum atomic E-state index is 0.328. The summed E-state index contributed by atoms with van der Waals surface area (Å²) < 4.78 is 0. The van der Waals surface area contributed by atoms with Crippen molar-refractivity contribution in [3.63, 3.8) is 0 Å². The molecule has 0 saturated carbocycles. The third-order valence-corrected chi connectivity index (χ3v) is 3.81. The van der Waals surface area contributed by atoms with Gasteiger partial charge >= 0.3 is 0 Å². The molecule has 0 heterocycles. The molecule has 1 aliphatic carbocycles. The molecule has 0 bridgehead atoms. The molecule has 2 unspecified atom stereocenters. The molecule has 16 heavy (non-hydrogen) atoms. The number of hydrogen-bond donors (Lipinski definition) is 1. The van der Waals surface area contributed by atoms with Gasteiger partial charge in [-0.15, -0.1) is 0 Å². The van der Waals surface area contributed by atoms with E-state index in [0.717, 1.165) is 12.3 Å². The van der Waals surface area contributed by atoms with Crippen LogP contribution in [0, 0.1) is 5.92 Å². The second-order valence-corrected chi connectivity index (χ2v) is 5.15. The molecule has 0 amide bonds. The second kappa shape index (κ2) is 5.49. The maximum atomic E-state index is 9.06. The minimum absolute atomic E-state index is 0.328. The average Bonchev–Trinajstić information content (AvgIpc) is 2.35. The Labute approximate surface area is 98.5 Å². The topological polar surface area (TPSA) is 20.2 Å². The van der Waals surface area contributed by atoms with Gasteiger partial charge in [0, 0.05) is 6.61 Å². The molecule has 1 aromatic carbocycles. The predicted octanol–water partition coefficient (Wildman–Crippen LogP) is 3.52. The van der Waals surface area contributed by atoms with E-state index in [1.807, 2.05) is 0 Å². The van der Waals surface area contributed by atoms with Gasteiger partial charge in [-0.1, -0.05) is 31.2 Å². The van der Waals surface area contributed by atoms with Gasteiger partial charge in [0.1, 0.15) is 0 Å². The Kier molecular flexibility index (Phi) is 4.00. The summed E-state index contributed by atoms with van der Waals surface area (Å²) in [6.07, 6.45) is 6.29. The van der Waals surface area contributed by atoms with Crippen LogP contribution in [0.15, 0.2) is 24.3 Å². The van der Waals surface area contributed by atoms with Crippen molar-refractivity contribution in [2.45, 2.75) is 44.9 Å². The van der Waals surface area contributed by atoms with E-state index in [2.05, 4.69) is 31.2 Å². The van der Waals surface area contributed by atoms with Gasteiger partial charge in [-0.05, 0) is 55.1 Å². The molecule has 0 aliphatic heterocycles. The minimum Gasteiger partial charge on any atom is -0.396 e. The molecule has 0 radical (unpaired) electrons. The van der Waals surface area contributed by atoms with E-state index < -0.39 is 0 Å². The lowest BCUT2D eigenvalue weighted by atomic mass is 9.79. The van der Waals surface area contributed by atoms with Crippen molar-refractivity contribution in [2.75, 3.05) is 6.61 Å². The quantitative estimate of drug-likeness (QED) is 0.820. The molecule has 0 aromatic heterocycles. The average molecular weight is 218 g/mol. The largest absolute Gasteiger partial charge is 0.396 e. The number of fused-ring (bicyclic) bond motifs is 1. The van der Waals surface area contributed by atoms with Gasteiger partial charge < -0.3 is 5.11 Å². The number of rotatable bonds is 4. The van der Waals surface area contributed by atoms with E-state index in [9.17, 15) is 0 Å². The van der Waals surface area contributed by atoms with Gasteiger partial charge in [-0.2, -0.15) is 0 Å². The fourth-order valence-corrected chi connectivity index (χ4v) is 2.73. The van der Waals surface area contributed by atoms with Crippen LogP contribution in [0.4, 0.5) is 0 Å². The summed E-state index contributed by atoms with van der Waals surface area (Å²) in [6.45, 7) is 2.46. The molecule has 0 fully saturated rings. The molecular weight excluding hydrogens is 196 g/mol. The lowest BCUT2D eigenvalue weighted by Crippen LogP contribution is -2.11. The Morgan fingerprint density at radius 3 is 3.00 bits per heavy atom. The van der Waals surface area contributed by atoms with E-state index in [0.29, 0.717) is 12.5 Å². The van der Waals surface area contributed by atoms with Crippen molar-refractivity contribution in [1.29, 1.82) is 0 Å². The lowest BCUT2D eigenvalue weighted by molar-refractivity contribution is 0.224.